The molecule has 9 heteroatoms. The highest BCUT2D eigenvalue weighted by Gasteiger charge is 2.25. The number of benzene rings is 3. The minimum atomic E-state index is -1.06. The second-order valence-corrected chi connectivity index (χ2v) is 10.6. The number of imidazole rings is 1. The molecule has 0 saturated carbocycles. The summed E-state index contributed by atoms with van der Waals surface area (Å²) in [5.74, 6) is -1.83. The zero-order valence-corrected chi connectivity index (χ0v) is 22.6. The molecule has 7 nitrogen and oxygen atoms in total. The van der Waals surface area contributed by atoms with Crippen molar-refractivity contribution in [3.8, 4) is 11.1 Å². The number of hydrogen-bond donors (Lipinski definition) is 3. The van der Waals surface area contributed by atoms with Crippen molar-refractivity contribution in [1.82, 2.24) is 14.9 Å². The highest BCUT2D eigenvalue weighted by molar-refractivity contribution is 7.99. The summed E-state index contributed by atoms with van der Waals surface area (Å²) in [5.41, 5.74) is 3.51. The number of nitrogens with zero attached hydrogens (tertiary/aromatic N) is 2. The maximum absolute atomic E-state index is 13.6. The predicted molar refractivity (Wildman–Crippen MR) is 153 cm³/mol. The number of aromatic nitrogens is 2. The first-order valence-electron chi connectivity index (χ1n) is 12.6. The Morgan fingerprint density at radius 3 is 2.46 bits per heavy atom. The van der Waals surface area contributed by atoms with Gasteiger partial charge in [0, 0.05) is 35.4 Å². The third-order valence-electron chi connectivity index (χ3n) is 6.49. The summed E-state index contributed by atoms with van der Waals surface area (Å²) >= 11 is 1.55. The van der Waals surface area contributed by atoms with Gasteiger partial charge < -0.3 is 20.3 Å². The fraction of sp³-hybridized carbons (Fsp3) is 0.233. The van der Waals surface area contributed by atoms with Gasteiger partial charge in [0.05, 0.1) is 12.4 Å². The third-order valence-corrected chi connectivity index (χ3v) is 7.49. The van der Waals surface area contributed by atoms with Crippen molar-refractivity contribution in [2.45, 2.75) is 37.2 Å². The Morgan fingerprint density at radius 1 is 1.08 bits per heavy atom. The van der Waals surface area contributed by atoms with E-state index in [4.69, 9.17) is 0 Å². The molecule has 0 aliphatic rings. The van der Waals surface area contributed by atoms with E-state index in [1.165, 1.54) is 12.1 Å². The lowest BCUT2D eigenvalue weighted by molar-refractivity contribution is -0.139. The van der Waals surface area contributed by atoms with Gasteiger partial charge in [-0.1, -0.05) is 49.4 Å². The monoisotopic (exact) mass is 546 g/mol. The molecule has 3 atom stereocenters. The first kappa shape index (κ1) is 27.9. The predicted octanol–water partition coefficient (Wildman–Crippen LogP) is 5.87. The van der Waals surface area contributed by atoms with Crippen LogP contribution in [-0.2, 0) is 11.3 Å². The quantitative estimate of drug-likeness (QED) is 0.206. The molecule has 0 saturated heterocycles. The summed E-state index contributed by atoms with van der Waals surface area (Å²) in [7, 11) is 0. The smallest absolute Gasteiger partial charge is 0.326 e. The van der Waals surface area contributed by atoms with Crippen molar-refractivity contribution < 1.29 is 19.1 Å². The van der Waals surface area contributed by atoms with E-state index >= 15 is 0 Å². The topological polar surface area (TPSA) is 96.3 Å². The van der Waals surface area contributed by atoms with E-state index in [9.17, 15) is 19.1 Å². The van der Waals surface area contributed by atoms with Gasteiger partial charge in [-0.05, 0) is 59.7 Å². The fourth-order valence-corrected chi connectivity index (χ4v) is 4.70. The van der Waals surface area contributed by atoms with Gasteiger partial charge in [-0.15, -0.1) is 0 Å². The second-order valence-electron chi connectivity index (χ2n) is 9.28. The molecule has 2 unspecified atom stereocenters. The molecule has 1 amide bonds. The zero-order chi connectivity index (χ0) is 27.8. The SMILES string of the molecule is CSC(C)C[C@H](NC(=O)c1ccc(NC(Cn2ccnc2)c2ccc(F)cc2)cc1-c1ccccc1)C(=O)O. The highest BCUT2D eigenvalue weighted by Crippen LogP contribution is 2.30. The number of halogens is 1. The summed E-state index contributed by atoms with van der Waals surface area (Å²) in [6, 6.07) is 20.0. The molecule has 0 spiro atoms. The number of carboxylic acid groups (broad SMARTS) is 1. The van der Waals surface area contributed by atoms with Gasteiger partial charge in [0.25, 0.3) is 5.91 Å². The summed E-state index contributed by atoms with van der Waals surface area (Å²) < 4.78 is 15.6. The van der Waals surface area contributed by atoms with Crippen molar-refractivity contribution in [2.75, 3.05) is 11.6 Å². The van der Waals surface area contributed by atoms with E-state index in [0.29, 0.717) is 24.1 Å². The number of aliphatic carboxylic acids is 1. The Labute approximate surface area is 231 Å². The number of carboxylic acids is 1. The minimum absolute atomic E-state index is 0.0745. The van der Waals surface area contributed by atoms with Gasteiger partial charge in [-0.2, -0.15) is 11.8 Å². The van der Waals surface area contributed by atoms with Crippen LogP contribution in [0.3, 0.4) is 0 Å². The molecule has 3 N–H and O–H groups in total. The number of carbonyl (C=O) groups is 2. The third kappa shape index (κ3) is 7.48. The molecule has 0 aliphatic heterocycles. The lowest BCUT2D eigenvalue weighted by atomic mass is 9.97. The lowest BCUT2D eigenvalue weighted by Crippen LogP contribution is -2.42. The van der Waals surface area contributed by atoms with Crippen LogP contribution in [0.5, 0.6) is 0 Å². The molecule has 1 aromatic heterocycles. The lowest BCUT2D eigenvalue weighted by Gasteiger charge is -2.23. The molecular formula is C30H31FN4O3S. The largest absolute Gasteiger partial charge is 0.480 e. The van der Waals surface area contributed by atoms with Gasteiger partial charge in [0.1, 0.15) is 11.9 Å². The maximum Gasteiger partial charge on any atom is 0.326 e. The van der Waals surface area contributed by atoms with Crippen molar-refractivity contribution in [3.05, 3.63) is 108 Å². The molecule has 0 radical (unpaired) electrons. The van der Waals surface area contributed by atoms with Crippen LogP contribution in [0.2, 0.25) is 0 Å². The molecule has 4 aromatic rings. The van der Waals surface area contributed by atoms with Crippen molar-refractivity contribution in [2.24, 2.45) is 0 Å². The Morgan fingerprint density at radius 2 is 1.82 bits per heavy atom. The number of rotatable bonds is 12. The Hall–Kier alpha value is -4.11. The molecule has 202 valence electrons. The summed E-state index contributed by atoms with van der Waals surface area (Å²) in [6.07, 6.45) is 7.51. The van der Waals surface area contributed by atoms with Crippen LogP contribution >= 0.6 is 11.8 Å². The van der Waals surface area contributed by atoms with Crippen LogP contribution in [0.25, 0.3) is 11.1 Å². The molecule has 39 heavy (non-hydrogen) atoms. The van der Waals surface area contributed by atoms with Crippen LogP contribution < -0.4 is 10.6 Å². The number of thioether (sulfide) groups is 1. The van der Waals surface area contributed by atoms with E-state index in [1.807, 2.05) is 60.3 Å². The maximum atomic E-state index is 13.6. The van der Waals surface area contributed by atoms with E-state index in [1.54, 1.807) is 48.6 Å². The highest BCUT2D eigenvalue weighted by atomic mass is 32.2. The summed E-state index contributed by atoms with van der Waals surface area (Å²) in [6.45, 7) is 2.48. The number of anilines is 1. The number of carbonyl (C=O) groups excluding carboxylic acids is 1. The Bertz CT molecular complexity index is 1380. The van der Waals surface area contributed by atoms with E-state index in [2.05, 4.69) is 15.6 Å². The fourth-order valence-electron chi connectivity index (χ4n) is 4.31. The average molecular weight is 547 g/mol. The average Bonchev–Trinajstić information content (AvgIpc) is 3.46. The first-order valence-corrected chi connectivity index (χ1v) is 13.9. The molecular weight excluding hydrogens is 515 g/mol. The van der Waals surface area contributed by atoms with Crippen molar-refractivity contribution >= 4 is 29.3 Å². The molecule has 0 bridgehead atoms. The first-order chi connectivity index (χ1) is 18.8. The zero-order valence-electron chi connectivity index (χ0n) is 21.8. The standard InChI is InChI=1S/C30H31FN4O3S/c1-20(39-2)16-27(30(37)38)34-29(36)25-13-12-24(17-26(25)21-6-4-3-5-7-21)33-28(18-35-15-14-32-19-35)22-8-10-23(31)11-9-22/h3-15,17,19-20,27-28,33H,16,18H2,1-2H3,(H,34,36)(H,37,38)/t20?,27-,28?/m0/s1. The number of nitrogens with one attached hydrogen (secondary N) is 2. The Kier molecular flexibility index (Phi) is 9.38. The normalized spacial score (nSPS) is 13.3. The van der Waals surface area contributed by atoms with Crippen LogP contribution in [0.1, 0.15) is 35.3 Å². The van der Waals surface area contributed by atoms with E-state index < -0.39 is 17.9 Å². The number of amides is 1. The van der Waals surface area contributed by atoms with E-state index in [-0.39, 0.29) is 17.1 Å². The van der Waals surface area contributed by atoms with Crippen molar-refractivity contribution in [1.29, 1.82) is 0 Å². The number of hydrogen-bond acceptors (Lipinski definition) is 5. The molecule has 0 aliphatic carbocycles. The van der Waals surface area contributed by atoms with Gasteiger partial charge in [-0.3, -0.25) is 4.79 Å². The van der Waals surface area contributed by atoms with Crippen LogP contribution in [0.15, 0.2) is 91.5 Å². The van der Waals surface area contributed by atoms with Crippen molar-refractivity contribution in [3.63, 3.8) is 0 Å². The van der Waals surface area contributed by atoms with Gasteiger partial charge >= 0.3 is 5.97 Å². The van der Waals surface area contributed by atoms with Gasteiger partial charge in [-0.25, -0.2) is 14.2 Å². The van der Waals surface area contributed by atoms with Crippen LogP contribution in [-0.4, -0.2) is 44.1 Å². The molecule has 1 heterocycles. The Balaban J connectivity index is 1.67. The summed E-state index contributed by atoms with van der Waals surface area (Å²) in [5, 5.41) is 16.0. The van der Waals surface area contributed by atoms with E-state index in [0.717, 1.165) is 16.8 Å². The van der Waals surface area contributed by atoms with Crippen LogP contribution in [0, 0.1) is 5.82 Å². The van der Waals surface area contributed by atoms with Crippen LogP contribution in [0.4, 0.5) is 10.1 Å². The molecule has 0 fully saturated rings. The second kappa shape index (κ2) is 13.1. The van der Waals surface area contributed by atoms with Gasteiger partial charge in [0.15, 0.2) is 0 Å². The van der Waals surface area contributed by atoms with Gasteiger partial charge in [0.2, 0.25) is 0 Å². The molecule has 3 aromatic carbocycles. The summed E-state index contributed by atoms with van der Waals surface area (Å²) in [4.78, 5) is 29.4. The minimum Gasteiger partial charge on any atom is -0.480 e. The molecule has 4 rings (SSSR count).